The molecule has 2 heterocycles. The van der Waals surface area contributed by atoms with Crippen molar-refractivity contribution < 1.29 is 9.84 Å². The number of hydrogen-bond acceptors (Lipinski definition) is 5. The average Bonchev–Trinajstić information content (AvgIpc) is 3.32. The van der Waals surface area contributed by atoms with E-state index in [0.29, 0.717) is 24.3 Å². The lowest BCUT2D eigenvalue weighted by Gasteiger charge is -2.26. The molecule has 2 fully saturated rings. The summed E-state index contributed by atoms with van der Waals surface area (Å²) in [4.78, 5) is 11.5. The minimum absolute atomic E-state index is 0.502. The maximum absolute atomic E-state index is 11.1. The molecule has 1 saturated heterocycles. The molecule has 166 valence electrons. The van der Waals surface area contributed by atoms with Gasteiger partial charge in [-0.25, -0.2) is 4.98 Å². The maximum atomic E-state index is 11.1. The summed E-state index contributed by atoms with van der Waals surface area (Å²) in [6.45, 7) is 3.64. The lowest BCUT2D eigenvalue weighted by atomic mass is 9.91. The molecule has 1 aliphatic carbocycles. The van der Waals surface area contributed by atoms with Gasteiger partial charge in [0, 0.05) is 32.5 Å². The van der Waals surface area contributed by atoms with E-state index in [4.69, 9.17) is 4.74 Å². The third kappa shape index (κ3) is 5.17. The van der Waals surface area contributed by atoms with Crippen LogP contribution in [0.5, 0.6) is 5.88 Å². The van der Waals surface area contributed by atoms with Gasteiger partial charge in [-0.1, -0.05) is 60.7 Å². The third-order valence-corrected chi connectivity index (χ3v) is 6.91. The van der Waals surface area contributed by atoms with Gasteiger partial charge >= 0.3 is 0 Å². The van der Waals surface area contributed by atoms with Crippen LogP contribution in [0.15, 0.2) is 73.1 Å². The molecule has 0 amide bonds. The molecule has 1 saturated carbocycles. The van der Waals surface area contributed by atoms with Crippen molar-refractivity contribution in [3.05, 3.63) is 89.9 Å². The predicted molar refractivity (Wildman–Crippen MR) is 124 cm³/mol. The zero-order valence-corrected chi connectivity index (χ0v) is 18.4. The van der Waals surface area contributed by atoms with Crippen LogP contribution in [-0.2, 0) is 19.4 Å². The van der Waals surface area contributed by atoms with Crippen molar-refractivity contribution in [3.63, 3.8) is 0 Å². The number of likely N-dealkylation sites (tertiary alicyclic amines) is 1. The van der Waals surface area contributed by atoms with Crippen LogP contribution in [-0.4, -0.2) is 45.2 Å². The highest BCUT2D eigenvalue weighted by Gasteiger charge is 2.47. The van der Waals surface area contributed by atoms with Crippen LogP contribution in [0.2, 0.25) is 0 Å². The van der Waals surface area contributed by atoms with Gasteiger partial charge in [0.25, 0.3) is 0 Å². The second-order valence-corrected chi connectivity index (χ2v) is 9.44. The van der Waals surface area contributed by atoms with Crippen LogP contribution < -0.4 is 4.74 Å². The molecule has 32 heavy (non-hydrogen) atoms. The Labute approximate surface area is 190 Å². The van der Waals surface area contributed by atoms with E-state index in [1.54, 1.807) is 6.20 Å². The number of nitrogens with zero attached hydrogens (tertiary/aromatic N) is 3. The van der Waals surface area contributed by atoms with Crippen molar-refractivity contribution in [3.8, 4) is 5.88 Å². The van der Waals surface area contributed by atoms with E-state index < -0.39 is 5.60 Å². The monoisotopic (exact) mass is 429 g/mol. The smallest absolute Gasteiger partial charge is 0.232 e. The van der Waals surface area contributed by atoms with E-state index >= 15 is 0 Å². The Bertz CT molecular complexity index is 980. The van der Waals surface area contributed by atoms with Gasteiger partial charge in [0.15, 0.2) is 0 Å². The number of benzene rings is 2. The zero-order chi connectivity index (χ0) is 21.8. The van der Waals surface area contributed by atoms with E-state index in [-0.39, 0.29) is 0 Å². The molecule has 3 atom stereocenters. The van der Waals surface area contributed by atoms with Crippen LogP contribution in [0.4, 0.5) is 0 Å². The van der Waals surface area contributed by atoms with Gasteiger partial charge in [-0.05, 0) is 35.8 Å². The van der Waals surface area contributed by atoms with E-state index in [2.05, 4.69) is 39.1 Å². The van der Waals surface area contributed by atoms with Crippen molar-refractivity contribution in [2.24, 2.45) is 11.8 Å². The molecule has 2 aliphatic rings. The lowest BCUT2D eigenvalue weighted by molar-refractivity contribution is 0.0355. The average molecular weight is 430 g/mol. The fraction of sp³-hybridized carbons (Fsp3) is 0.407. The molecule has 5 rings (SSSR count). The highest BCUT2D eigenvalue weighted by Crippen LogP contribution is 2.45. The summed E-state index contributed by atoms with van der Waals surface area (Å²) >= 11 is 0. The second kappa shape index (κ2) is 9.39. The molecular formula is C27H31N3O2. The van der Waals surface area contributed by atoms with Crippen molar-refractivity contribution >= 4 is 0 Å². The Kier molecular flexibility index (Phi) is 6.19. The first-order valence-corrected chi connectivity index (χ1v) is 11.6. The molecule has 0 bridgehead atoms. The molecule has 1 N–H and O–H groups in total. The first-order chi connectivity index (χ1) is 15.7. The molecule has 0 spiro atoms. The topological polar surface area (TPSA) is 58.5 Å². The number of hydrogen-bond donors (Lipinski definition) is 1. The quantitative estimate of drug-likeness (QED) is 0.588. The van der Waals surface area contributed by atoms with Gasteiger partial charge in [-0.3, -0.25) is 4.98 Å². The van der Waals surface area contributed by atoms with E-state index in [1.807, 2.05) is 42.6 Å². The first kappa shape index (κ1) is 21.1. The van der Waals surface area contributed by atoms with Gasteiger partial charge in [-0.15, -0.1) is 0 Å². The Hall–Kier alpha value is -2.76. The highest BCUT2D eigenvalue weighted by atomic mass is 16.5. The predicted octanol–water partition coefficient (Wildman–Crippen LogP) is 3.91. The van der Waals surface area contributed by atoms with Crippen molar-refractivity contribution in [1.82, 2.24) is 14.9 Å². The number of fused-ring (bicyclic) bond motifs is 1. The van der Waals surface area contributed by atoms with E-state index in [1.165, 1.54) is 5.56 Å². The summed E-state index contributed by atoms with van der Waals surface area (Å²) in [5.74, 6) is 1.76. The van der Waals surface area contributed by atoms with Crippen molar-refractivity contribution in [2.45, 2.75) is 37.9 Å². The van der Waals surface area contributed by atoms with E-state index in [0.717, 1.165) is 56.6 Å². The van der Waals surface area contributed by atoms with Gasteiger partial charge in [0.05, 0.1) is 23.7 Å². The van der Waals surface area contributed by atoms with Gasteiger partial charge < -0.3 is 14.7 Å². The van der Waals surface area contributed by atoms with Gasteiger partial charge in [0.2, 0.25) is 5.88 Å². The number of ether oxygens (including phenoxy) is 1. The third-order valence-electron chi connectivity index (χ3n) is 6.91. The standard InChI is InChI=1S/C27H31N3O2/c31-27(13-21-7-3-1-4-8-21)14-23-18-30(19-24(23)15-27)12-11-25-16-29-26(17-28-25)32-20-22-9-5-2-6-10-22/h1-10,16-17,23-24,31H,11-15,18-20H2/t23-,24+,27-. The summed E-state index contributed by atoms with van der Waals surface area (Å²) in [5.41, 5.74) is 2.81. The van der Waals surface area contributed by atoms with Crippen LogP contribution in [0, 0.1) is 11.8 Å². The zero-order valence-electron chi connectivity index (χ0n) is 18.4. The molecule has 3 aromatic rings. The SMILES string of the molecule is O[C@@]1(Cc2ccccc2)C[C@H]2CN(CCc3cnc(OCc4ccccc4)cn3)C[C@H]2C1. The molecule has 1 aliphatic heterocycles. The second-order valence-electron chi connectivity index (χ2n) is 9.44. The largest absolute Gasteiger partial charge is 0.472 e. The number of aromatic nitrogens is 2. The molecule has 1 aromatic heterocycles. The Morgan fingerprint density at radius 3 is 2.16 bits per heavy atom. The molecule has 0 radical (unpaired) electrons. The molecule has 5 nitrogen and oxygen atoms in total. The van der Waals surface area contributed by atoms with Gasteiger partial charge in [-0.2, -0.15) is 0 Å². The van der Waals surface area contributed by atoms with Crippen LogP contribution in [0.1, 0.15) is 29.7 Å². The Balaban J connectivity index is 1.07. The molecule has 5 heteroatoms. The molecule has 2 aromatic carbocycles. The minimum Gasteiger partial charge on any atom is -0.472 e. The summed E-state index contributed by atoms with van der Waals surface area (Å²) in [7, 11) is 0. The lowest BCUT2D eigenvalue weighted by Crippen LogP contribution is -2.32. The fourth-order valence-electron chi connectivity index (χ4n) is 5.41. The summed E-state index contributed by atoms with van der Waals surface area (Å²) < 4.78 is 5.73. The van der Waals surface area contributed by atoms with Crippen molar-refractivity contribution in [1.29, 1.82) is 0 Å². The van der Waals surface area contributed by atoms with Crippen LogP contribution in [0.3, 0.4) is 0 Å². The maximum Gasteiger partial charge on any atom is 0.232 e. The van der Waals surface area contributed by atoms with Crippen molar-refractivity contribution in [2.75, 3.05) is 19.6 Å². The van der Waals surface area contributed by atoms with Gasteiger partial charge in [0.1, 0.15) is 6.61 Å². The molecular weight excluding hydrogens is 398 g/mol. The molecule has 0 unspecified atom stereocenters. The Morgan fingerprint density at radius 2 is 1.53 bits per heavy atom. The number of rotatable bonds is 8. The van der Waals surface area contributed by atoms with E-state index in [9.17, 15) is 5.11 Å². The number of aliphatic hydroxyl groups is 1. The fourth-order valence-corrected chi connectivity index (χ4v) is 5.41. The Morgan fingerprint density at radius 1 is 0.875 bits per heavy atom. The van der Waals surface area contributed by atoms with Crippen LogP contribution >= 0.6 is 0 Å². The first-order valence-electron chi connectivity index (χ1n) is 11.6. The minimum atomic E-state index is -0.538. The summed E-state index contributed by atoms with van der Waals surface area (Å²) in [6.07, 6.45) is 7.04. The summed E-state index contributed by atoms with van der Waals surface area (Å²) in [6, 6.07) is 20.5. The highest BCUT2D eigenvalue weighted by molar-refractivity contribution is 5.19. The summed E-state index contributed by atoms with van der Waals surface area (Å²) in [5, 5.41) is 11.1. The van der Waals surface area contributed by atoms with Crippen LogP contribution in [0.25, 0.3) is 0 Å². The normalized spacial score (nSPS) is 25.0.